The van der Waals surface area contributed by atoms with Gasteiger partial charge in [-0.25, -0.2) is 8.42 Å². The lowest BCUT2D eigenvalue weighted by Crippen LogP contribution is -2.15. The van der Waals surface area contributed by atoms with Crippen molar-refractivity contribution in [3.63, 3.8) is 0 Å². The molecule has 1 fully saturated rings. The zero-order chi connectivity index (χ0) is 14.9. The first kappa shape index (κ1) is 14.6. The minimum atomic E-state index is -2.92. The smallest absolute Gasteiger partial charge is 0.151 e. The molecule has 5 heteroatoms. The molecule has 0 aliphatic heterocycles. The van der Waals surface area contributed by atoms with Crippen LogP contribution in [-0.4, -0.2) is 30.5 Å². The summed E-state index contributed by atoms with van der Waals surface area (Å²) < 4.78 is 25.4. The molecule has 1 aliphatic rings. The monoisotopic (exact) mass is 306 g/mol. The van der Waals surface area contributed by atoms with E-state index in [9.17, 15) is 8.42 Å². The summed E-state index contributed by atoms with van der Waals surface area (Å²) in [5, 5.41) is 4.68. The van der Waals surface area contributed by atoms with E-state index in [4.69, 9.17) is 0 Å². The number of aromatic nitrogens is 1. The summed E-state index contributed by atoms with van der Waals surface area (Å²) in [7, 11) is -2.92. The zero-order valence-electron chi connectivity index (χ0n) is 12.4. The van der Waals surface area contributed by atoms with Gasteiger partial charge in [-0.1, -0.05) is 19.1 Å². The molecule has 3 rings (SSSR count). The Kier molecular flexibility index (Phi) is 4.04. The molecule has 1 aromatic heterocycles. The number of rotatable bonds is 7. The molecule has 1 saturated carbocycles. The summed E-state index contributed by atoms with van der Waals surface area (Å²) in [6.07, 6.45) is 4.55. The number of nitrogens with one attached hydrogen (secondary N) is 1. The van der Waals surface area contributed by atoms with Crippen LogP contribution in [0.2, 0.25) is 0 Å². The van der Waals surface area contributed by atoms with E-state index >= 15 is 0 Å². The molecule has 0 saturated heterocycles. The summed E-state index contributed by atoms with van der Waals surface area (Å²) in [6, 6.07) is 9.17. The number of benzene rings is 1. The molecule has 0 atom stereocenters. The van der Waals surface area contributed by atoms with E-state index in [0.29, 0.717) is 12.6 Å². The van der Waals surface area contributed by atoms with Gasteiger partial charge in [0, 0.05) is 36.6 Å². The maximum atomic E-state index is 11.7. The third kappa shape index (κ3) is 3.66. The fourth-order valence-electron chi connectivity index (χ4n) is 2.47. The second-order valence-electron chi connectivity index (χ2n) is 5.79. The number of hydrogen-bond acceptors (Lipinski definition) is 3. The maximum Gasteiger partial charge on any atom is 0.151 e. The number of nitrogens with zero attached hydrogens (tertiary/aromatic N) is 1. The Morgan fingerprint density at radius 3 is 2.81 bits per heavy atom. The number of fused-ring (bicyclic) bond motifs is 1. The fraction of sp³-hybridized carbons (Fsp3) is 0.500. The van der Waals surface area contributed by atoms with Gasteiger partial charge in [-0.15, -0.1) is 0 Å². The van der Waals surface area contributed by atoms with Gasteiger partial charge in [0.2, 0.25) is 0 Å². The Hall–Kier alpha value is -1.33. The zero-order valence-corrected chi connectivity index (χ0v) is 13.2. The fourth-order valence-corrected chi connectivity index (χ4v) is 3.23. The quantitative estimate of drug-likeness (QED) is 0.854. The van der Waals surface area contributed by atoms with Crippen LogP contribution in [0.5, 0.6) is 0 Å². The van der Waals surface area contributed by atoms with Crippen molar-refractivity contribution in [3.05, 3.63) is 36.0 Å². The highest BCUT2D eigenvalue weighted by atomic mass is 32.2. The molecule has 0 bridgehead atoms. The first-order valence-corrected chi connectivity index (χ1v) is 9.41. The molecule has 2 aromatic rings. The van der Waals surface area contributed by atoms with E-state index in [1.165, 1.54) is 23.8 Å². The van der Waals surface area contributed by atoms with Gasteiger partial charge in [-0.05, 0) is 35.9 Å². The maximum absolute atomic E-state index is 11.7. The Morgan fingerprint density at radius 1 is 1.29 bits per heavy atom. The summed E-state index contributed by atoms with van der Waals surface area (Å²) in [4.78, 5) is 0. The lowest BCUT2D eigenvalue weighted by atomic mass is 10.1. The van der Waals surface area contributed by atoms with Crippen LogP contribution in [0.25, 0.3) is 10.9 Å². The van der Waals surface area contributed by atoms with Crippen LogP contribution in [0, 0.1) is 0 Å². The second kappa shape index (κ2) is 5.81. The standard InChI is InChI=1S/C16H22N2O2S/c1-2-21(19,20)10-9-18-8-7-14-4-3-13(11-16(14)18)12-17-15-5-6-15/h3-4,7-8,11,15,17H,2,5-6,9-10,12H2,1H3. The van der Waals surface area contributed by atoms with Gasteiger partial charge >= 0.3 is 0 Å². The van der Waals surface area contributed by atoms with Crippen molar-refractivity contribution in [3.8, 4) is 0 Å². The SMILES string of the molecule is CCS(=O)(=O)CCn1ccc2ccc(CNC3CC3)cc21. The highest BCUT2D eigenvalue weighted by molar-refractivity contribution is 7.91. The summed E-state index contributed by atoms with van der Waals surface area (Å²) in [6.45, 7) is 3.11. The minimum Gasteiger partial charge on any atom is -0.346 e. The molecule has 1 N–H and O–H groups in total. The molecule has 0 amide bonds. The highest BCUT2D eigenvalue weighted by Crippen LogP contribution is 2.21. The molecule has 4 nitrogen and oxygen atoms in total. The molecule has 0 radical (unpaired) electrons. The van der Waals surface area contributed by atoms with Crippen molar-refractivity contribution < 1.29 is 8.42 Å². The van der Waals surface area contributed by atoms with Crippen molar-refractivity contribution in [1.29, 1.82) is 0 Å². The van der Waals surface area contributed by atoms with Gasteiger partial charge < -0.3 is 9.88 Å². The van der Waals surface area contributed by atoms with Crippen LogP contribution in [0.1, 0.15) is 25.3 Å². The molecular formula is C16H22N2O2S. The van der Waals surface area contributed by atoms with Gasteiger partial charge in [0.25, 0.3) is 0 Å². The third-order valence-electron chi connectivity index (χ3n) is 4.09. The lowest BCUT2D eigenvalue weighted by molar-refractivity contribution is 0.591. The van der Waals surface area contributed by atoms with Gasteiger partial charge in [0.1, 0.15) is 0 Å². The van der Waals surface area contributed by atoms with Crippen LogP contribution < -0.4 is 5.32 Å². The molecule has 0 unspecified atom stereocenters. The molecule has 114 valence electrons. The van der Waals surface area contributed by atoms with Crippen molar-refractivity contribution in [1.82, 2.24) is 9.88 Å². The summed E-state index contributed by atoms with van der Waals surface area (Å²) >= 11 is 0. The first-order valence-electron chi connectivity index (χ1n) is 7.59. The van der Waals surface area contributed by atoms with E-state index in [1.54, 1.807) is 6.92 Å². The molecule has 1 aromatic carbocycles. The molecule has 1 aliphatic carbocycles. The predicted molar refractivity (Wildman–Crippen MR) is 86.1 cm³/mol. The van der Waals surface area contributed by atoms with Crippen LogP contribution in [0.15, 0.2) is 30.5 Å². The van der Waals surface area contributed by atoms with Crippen LogP contribution >= 0.6 is 0 Å². The average molecular weight is 306 g/mol. The van der Waals surface area contributed by atoms with Crippen LogP contribution in [0.3, 0.4) is 0 Å². The van der Waals surface area contributed by atoms with E-state index in [2.05, 4.69) is 23.5 Å². The number of sulfone groups is 1. The normalized spacial score (nSPS) is 15.7. The van der Waals surface area contributed by atoms with Crippen molar-refractivity contribution in [2.75, 3.05) is 11.5 Å². The van der Waals surface area contributed by atoms with Gasteiger partial charge in [0.05, 0.1) is 5.75 Å². The second-order valence-corrected chi connectivity index (χ2v) is 8.27. The highest BCUT2D eigenvalue weighted by Gasteiger charge is 2.20. The van der Waals surface area contributed by atoms with E-state index in [0.717, 1.165) is 12.1 Å². The Labute approximate surface area is 126 Å². The van der Waals surface area contributed by atoms with E-state index < -0.39 is 9.84 Å². The lowest BCUT2D eigenvalue weighted by Gasteiger charge is -2.08. The average Bonchev–Trinajstić information content (AvgIpc) is 3.23. The Balaban J connectivity index is 1.76. The topological polar surface area (TPSA) is 51.1 Å². The molecule has 1 heterocycles. The predicted octanol–water partition coefficient (Wildman–Crippen LogP) is 2.33. The molecule has 0 spiro atoms. The van der Waals surface area contributed by atoms with Crippen molar-refractivity contribution >= 4 is 20.7 Å². The first-order chi connectivity index (χ1) is 10.1. The largest absolute Gasteiger partial charge is 0.346 e. The summed E-state index contributed by atoms with van der Waals surface area (Å²) in [5.74, 6) is 0.417. The van der Waals surface area contributed by atoms with E-state index in [1.807, 2.05) is 16.8 Å². The summed E-state index contributed by atoms with van der Waals surface area (Å²) in [5.41, 5.74) is 2.38. The van der Waals surface area contributed by atoms with Crippen LogP contribution in [-0.2, 0) is 22.9 Å². The molecular weight excluding hydrogens is 284 g/mol. The van der Waals surface area contributed by atoms with Crippen molar-refractivity contribution in [2.24, 2.45) is 0 Å². The number of hydrogen-bond donors (Lipinski definition) is 1. The third-order valence-corrected chi connectivity index (χ3v) is 5.78. The van der Waals surface area contributed by atoms with Gasteiger partial charge in [-0.2, -0.15) is 0 Å². The van der Waals surface area contributed by atoms with Gasteiger partial charge in [0.15, 0.2) is 9.84 Å². The Morgan fingerprint density at radius 2 is 2.10 bits per heavy atom. The Bertz CT molecular complexity index is 730. The molecule has 21 heavy (non-hydrogen) atoms. The van der Waals surface area contributed by atoms with Gasteiger partial charge in [-0.3, -0.25) is 0 Å². The van der Waals surface area contributed by atoms with E-state index in [-0.39, 0.29) is 11.5 Å². The van der Waals surface area contributed by atoms with Crippen LogP contribution in [0.4, 0.5) is 0 Å². The van der Waals surface area contributed by atoms with Crippen molar-refractivity contribution in [2.45, 2.75) is 38.9 Å². The number of aryl methyl sites for hydroxylation is 1. The minimum absolute atomic E-state index is 0.206.